The number of alkyl halides is 2. The fourth-order valence-electron chi connectivity index (χ4n) is 4.07. The molecule has 1 saturated carbocycles. The van der Waals surface area contributed by atoms with Crippen LogP contribution in [0.1, 0.15) is 49.1 Å². The molecule has 1 aromatic heterocycles. The van der Waals surface area contributed by atoms with Crippen molar-refractivity contribution in [2.45, 2.75) is 64.0 Å². The van der Waals surface area contributed by atoms with Crippen LogP contribution in [0.5, 0.6) is 5.19 Å². The van der Waals surface area contributed by atoms with E-state index < -0.39 is 13.0 Å². The third kappa shape index (κ3) is 7.15. The second-order valence-electron chi connectivity index (χ2n) is 7.89. The molecule has 1 fully saturated rings. The van der Waals surface area contributed by atoms with Crippen molar-refractivity contribution in [1.82, 2.24) is 15.2 Å². The molecule has 1 N–H and O–H groups in total. The largest absolute Gasteiger partial charge is 0.464 e. The molecular formula is C20H31F2N3O3S. The van der Waals surface area contributed by atoms with Gasteiger partial charge in [-0.05, 0) is 51.0 Å². The molecule has 0 atom stereocenters. The van der Waals surface area contributed by atoms with E-state index in [-0.39, 0.29) is 5.91 Å². The number of hydrogen-bond acceptors (Lipinski definition) is 6. The van der Waals surface area contributed by atoms with Crippen molar-refractivity contribution < 1.29 is 23.0 Å². The van der Waals surface area contributed by atoms with Gasteiger partial charge in [0.1, 0.15) is 0 Å². The number of carbonyl (C=O) groups is 1. The van der Waals surface area contributed by atoms with Crippen LogP contribution < -0.4 is 10.1 Å². The van der Waals surface area contributed by atoms with E-state index in [1.807, 2.05) is 0 Å². The number of nitrogens with one attached hydrogen (secondary N) is 1. The maximum atomic E-state index is 12.3. The predicted molar refractivity (Wildman–Crippen MR) is 108 cm³/mol. The van der Waals surface area contributed by atoms with Gasteiger partial charge in [-0.3, -0.25) is 9.69 Å². The highest BCUT2D eigenvalue weighted by molar-refractivity contribution is 7.13. The summed E-state index contributed by atoms with van der Waals surface area (Å²) in [5.41, 5.74) is 0.980. The molecule has 2 heterocycles. The molecule has 1 aliphatic heterocycles. The highest BCUT2D eigenvalue weighted by Gasteiger charge is 2.25. The molecule has 3 rings (SSSR count). The fraction of sp³-hybridized carbons (Fsp3) is 0.800. The number of amides is 1. The Morgan fingerprint density at radius 1 is 1.34 bits per heavy atom. The van der Waals surface area contributed by atoms with Gasteiger partial charge in [-0.2, -0.15) is 0 Å². The fourth-order valence-corrected chi connectivity index (χ4v) is 4.99. The zero-order valence-electron chi connectivity index (χ0n) is 17.0. The summed E-state index contributed by atoms with van der Waals surface area (Å²) in [6.45, 7) is 2.66. The molecule has 0 aromatic carbocycles. The first-order valence-electron chi connectivity index (χ1n) is 10.4. The average molecular weight is 432 g/mol. The molecule has 0 unspecified atom stereocenters. The van der Waals surface area contributed by atoms with Crippen LogP contribution in [0.15, 0.2) is 0 Å². The Labute approximate surface area is 175 Å². The van der Waals surface area contributed by atoms with Gasteiger partial charge in [0, 0.05) is 37.5 Å². The molecular weight excluding hydrogens is 400 g/mol. The molecule has 2 aliphatic rings. The average Bonchev–Trinajstić information content (AvgIpc) is 3.12. The number of nitrogens with zero attached hydrogens (tertiary/aromatic N) is 2. The number of carbonyl (C=O) groups excluding carboxylic acids is 1. The maximum Gasteiger partial charge on any atom is 0.273 e. The number of hydrogen-bond donors (Lipinski definition) is 1. The lowest BCUT2D eigenvalue weighted by Gasteiger charge is -2.32. The lowest BCUT2D eigenvalue weighted by atomic mass is 9.84. The van der Waals surface area contributed by atoms with Crippen LogP contribution >= 0.6 is 11.3 Å². The van der Waals surface area contributed by atoms with Crippen LogP contribution in [-0.4, -0.2) is 61.7 Å². The Hall–Kier alpha value is -1.32. The third-order valence-corrected chi connectivity index (χ3v) is 6.79. The molecule has 9 heteroatoms. The summed E-state index contributed by atoms with van der Waals surface area (Å²) in [5.74, 6) is 0.781. The van der Waals surface area contributed by atoms with Gasteiger partial charge in [0.2, 0.25) is 5.91 Å². The number of rotatable bonds is 10. The molecule has 164 valence electrons. The van der Waals surface area contributed by atoms with Gasteiger partial charge in [-0.25, -0.2) is 13.8 Å². The number of ether oxygens (including phenoxy) is 2. The highest BCUT2D eigenvalue weighted by atomic mass is 32.1. The first kappa shape index (κ1) is 22.4. The van der Waals surface area contributed by atoms with Gasteiger partial charge in [0.05, 0.1) is 12.3 Å². The Morgan fingerprint density at radius 3 is 2.86 bits per heavy atom. The van der Waals surface area contributed by atoms with Crippen LogP contribution in [0.25, 0.3) is 0 Å². The van der Waals surface area contributed by atoms with Crippen molar-refractivity contribution in [2.75, 3.05) is 33.4 Å². The van der Waals surface area contributed by atoms with Crippen LogP contribution in [0.2, 0.25) is 0 Å². The van der Waals surface area contributed by atoms with Crippen LogP contribution in [0.3, 0.4) is 0 Å². The summed E-state index contributed by atoms with van der Waals surface area (Å²) in [5, 5.41) is 3.48. The van der Waals surface area contributed by atoms with Gasteiger partial charge < -0.3 is 14.8 Å². The van der Waals surface area contributed by atoms with Gasteiger partial charge >= 0.3 is 0 Å². The summed E-state index contributed by atoms with van der Waals surface area (Å²) in [6.07, 6.45) is 4.41. The Morgan fingerprint density at radius 2 is 2.14 bits per heavy atom. The lowest BCUT2D eigenvalue weighted by molar-refractivity contribution is -0.122. The number of methoxy groups -OCH3 is 1. The normalized spacial score (nSPS) is 22.5. The van der Waals surface area contributed by atoms with Gasteiger partial charge in [0.25, 0.3) is 11.6 Å². The second kappa shape index (κ2) is 11.2. The first-order valence-corrected chi connectivity index (χ1v) is 11.2. The van der Waals surface area contributed by atoms with E-state index in [1.54, 1.807) is 7.11 Å². The molecule has 0 radical (unpaired) electrons. The zero-order valence-corrected chi connectivity index (χ0v) is 17.8. The quantitative estimate of drug-likeness (QED) is 0.616. The SMILES string of the molecule is COCCC(=O)NC1CCC(CCN2CCc3sc(OCC(F)F)nc3C2)CC1. The van der Waals surface area contributed by atoms with Crippen molar-refractivity contribution in [1.29, 1.82) is 0 Å². The molecule has 0 bridgehead atoms. The minimum Gasteiger partial charge on any atom is -0.464 e. The van der Waals surface area contributed by atoms with Crippen molar-refractivity contribution in [3.63, 3.8) is 0 Å². The van der Waals surface area contributed by atoms with E-state index in [1.165, 1.54) is 11.3 Å². The summed E-state index contributed by atoms with van der Waals surface area (Å²) in [7, 11) is 1.61. The molecule has 0 saturated heterocycles. The van der Waals surface area contributed by atoms with E-state index in [9.17, 15) is 13.6 Å². The van der Waals surface area contributed by atoms with E-state index in [0.717, 1.165) is 68.7 Å². The molecule has 1 aliphatic carbocycles. The van der Waals surface area contributed by atoms with Crippen molar-refractivity contribution in [3.8, 4) is 5.19 Å². The summed E-state index contributed by atoms with van der Waals surface area (Å²) in [6, 6.07) is 0.301. The van der Waals surface area contributed by atoms with Crippen molar-refractivity contribution in [3.05, 3.63) is 10.6 Å². The summed E-state index contributed by atoms with van der Waals surface area (Å²) < 4.78 is 34.6. The first-order chi connectivity index (χ1) is 14.0. The maximum absolute atomic E-state index is 12.3. The monoisotopic (exact) mass is 431 g/mol. The topological polar surface area (TPSA) is 63.7 Å². The molecule has 1 aromatic rings. The van der Waals surface area contributed by atoms with E-state index in [4.69, 9.17) is 9.47 Å². The van der Waals surface area contributed by atoms with Crippen LogP contribution in [0, 0.1) is 5.92 Å². The third-order valence-electron chi connectivity index (χ3n) is 5.72. The molecule has 6 nitrogen and oxygen atoms in total. The van der Waals surface area contributed by atoms with Gasteiger partial charge in [0.15, 0.2) is 6.61 Å². The van der Waals surface area contributed by atoms with E-state index >= 15 is 0 Å². The number of fused-ring (bicyclic) bond motifs is 1. The predicted octanol–water partition coefficient (Wildman–Crippen LogP) is 3.25. The highest BCUT2D eigenvalue weighted by Crippen LogP contribution is 2.31. The van der Waals surface area contributed by atoms with Crippen molar-refractivity contribution >= 4 is 17.2 Å². The smallest absolute Gasteiger partial charge is 0.273 e. The zero-order chi connectivity index (χ0) is 20.6. The Kier molecular flexibility index (Phi) is 8.62. The summed E-state index contributed by atoms with van der Waals surface area (Å²) >= 11 is 1.40. The standard InChI is InChI=1S/C20H31F2N3O3S/c1-27-11-8-19(26)23-15-4-2-14(3-5-15)6-9-25-10-7-17-16(12-25)24-20(29-17)28-13-18(21)22/h14-15,18H,2-13H2,1H3,(H,23,26). The number of thiazole rings is 1. The molecule has 29 heavy (non-hydrogen) atoms. The molecule has 1 amide bonds. The van der Waals surface area contributed by atoms with E-state index in [2.05, 4.69) is 15.2 Å². The van der Waals surface area contributed by atoms with Crippen molar-refractivity contribution in [2.24, 2.45) is 5.92 Å². The van der Waals surface area contributed by atoms with Gasteiger partial charge in [-0.15, -0.1) is 0 Å². The lowest BCUT2D eigenvalue weighted by Crippen LogP contribution is -2.38. The van der Waals surface area contributed by atoms with Gasteiger partial charge in [-0.1, -0.05) is 11.3 Å². The number of halogens is 2. The molecule has 0 spiro atoms. The Balaban J connectivity index is 1.35. The van der Waals surface area contributed by atoms with E-state index in [0.29, 0.717) is 30.2 Å². The van der Waals surface area contributed by atoms with Crippen LogP contribution in [0.4, 0.5) is 8.78 Å². The summed E-state index contributed by atoms with van der Waals surface area (Å²) in [4.78, 5) is 19.8. The number of aromatic nitrogens is 1. The van der Waals surface area contributed by atoms with Crippen LogP contribution in [-0.2, 0) is 22.5 Å². The minimum atomic E-state index is -2.47. The Bertz CT molecular complexity index is 651. The second-order valence-corrected chi connectivity index (χ2v) is 8.94. The minimum absolute atomic E-state index is 0.0829.